The largest absolute Gasteiger partial charge is 0.339 e. The topological polar surface area (TPSA) is 94.0 Å². The number of nitrogens with two attached hydrogens (primary N) is 1. The van der Waals surface area contributed by atoms with Crippen molar-refractivity contribution in [2.75, 3.05) is 5.32 Å². The molecule has 2 aliphatic carbocycles. The van der Waals surface area contributed by atoms with Gasteiger partial charge in [0.05, 0.1) is 5.92 Å². The van der Waals surface area contributed by atoms with Gasteiger partial charge in [-0.3, -0.25) is 4.79 Å². The van der Waals surface area contributed by atoms with Gasteiger partial charge in [-0.2, -0.15) is 4.98 Å². The van der Waals surface area contributed by atoms with Crippen LogP contribution < -0.4 is 11.1 Å². The zero-order chi connectivity index (χ0) is 16.0. The maximum Gasteiger partial charge on any atom is 0.229 e. The summed E-state index contributed by atoms with van der Waals surface area (Å²) in [4.78, 5) is 16.8. The highest BCUT2D eigenvalue weighted by atomic mass is 16.5. The van der Waals surface area contributed by atoms with E-state index in [0.29, 0.717) is 23.6 Å². The van der Waals surface area contributed by atoms with Crippen LogP contribution in [0.4, 0.5) is 5.69 Å². The van der Waals surface area contributed by atoms with Crippen molar-refractivity contribution in [3.05, 3.63) is 30.2 Å². The van der Waals surface area contributed by atoms with Crippen molar-refractivity contribution in [2.45, 2.75) is 32.2 Å². The molecule has 6 heteroatoms. The van der Waals surface area contributed by atoms with E-state index >= 15 is 0 Å². The fourth-order valence-electron chi connectivity index (χ4n) is 4.10. The lowest BCUT2D eigenvalue weighted by Crippen LogP contribution is -2.42. The Morgan fingerprint density at radius 2 is 2.17 bits per heavy atom. The third-order valence-electron chi connectivity index (χ3n) is 5.20. The first-order valence-electron chi connectivity index (χ1n) is 8.09. The van der Waals surface area contributed by atoms with Crippen molar-refractivity contribution in [2.24, 2.45) is 23.5 Å². The van der Waals surface area contributed by atoms with Gasteiger partial charge in [-0.1, -0.05) is 17.3 Å². The number of aryl methyl sites for hydroxylation is 1. The minimum Gasteiger partial charge on any atom is -0.339 e. The Labute approximate surface area is 134 Å². The number of aromatic nitrogens is 2. The summed E-state index contributed by atoms with van der Waals surface area (Å²) in [6.07, 6.45) is 3.39. The Balaban J connectivity index is 1.52. The molecule has 1 aromatic carbocycles. The molecule has 1 heterocycles. The molecule has 4 unspecified atom stereocenters. The van der Waals surface area contributed by atoms with Crippen molar-refractivity contribution in [1.29, 1.82) is 0 Å². The summed E-state index contributed by atoms with van der Waals surface area (Å²) in [5.41, 5.74) is 7.81. The second-order valence-electron chi connectivity index (χ2n) is 6.64. The second kappa shape index (κ2) is 5.45. The summed E-state index contributed by atoms with van der Waals surface area (Å²) in [7, 11) is 0. The molecule has 2 aromatic rings. The van der Waals surface area contributed by atoms with Crippen molar-refractivity contribution in [3.63, 3.8) is 0 Å². The fourth-order valence-corrected chi connectivity index (χ4v) is 4.10. The number of amides is 1. The molecule has 0 spiro atoms. The smallest absolute Gasteiger partial charge is 0.229 e. The lowest BCUT2D eigenvalue weighted by Gasteiger charge is -2.27. The van der Waals surface area contributed by atoms with E-state index < -0.39 is 0 Å². The van der Waals surface area contributed by atoms with Crippen LogP contribution in [0.3, 0.4) is 0 Å². The van der Waals surface area contributed by atoms with E-state index in [-0.39, 0.29) is 17.9 Å². The number of fused-ring (bicyclic) bond motifs is 2. The first kappa shape index (κ1) is 14.4. The minimum atomic E-state index is -0.0650. The molecule has 0 saturated heterocycles. The zero-order valence-electron chi connectivity index (χ0n) is 13.0. The molecular formula is C17H20N4O2. The Morgan fingerprint density at radius 3 is 2.87 bits per heavy atom. The van der Waals surface area contributed by atoms with Crippen LogP contribution in [-0.4, -0.2) is 22.1 Å². The van der Waals surface area contributed by atoms with Crippen LogP contribution in [-0.2, 0) is 4.79 Å². The molecule has 1 amide bonds. The lowest BCUT2D eigenvalue weighted by molar-refractivity contribution is -0.121. The number of benzene rings is 1. The fraction of sp³-hybridized carbons (Fsp3) is 0.471. The minimum absolute atomic E-state index is 0.00297. The average molecular weight is 312 g/mol. The van der Waals surface area contributed by atoms with Crippen LogP contribution >= 0.6 is 0 Å². The number of hydrogen-bond acceptors (Lipinski definition) is 5. The quantitative estimate of drug-likeness (QED) is 0.907. The van der Waals surface area contributed by atoms with Gasteiger partial charge in [0.2, 0.25) is 17.6 Å². The highest BCUT2D eigenvalue weighted by molar-refractivity contribution is 5.94. The summed E-state index contributed by atoms with van der Waals surface area (Å²) in [6, 6.07) is 7.49. The molecular weight excluding hydrogens is 292 g/mol. The van der Waals surface area contributed by atoms with Crippen molar-refractivity contribution < 1.29 is 9.32 Å². The molecule has 2 bridgehead atoms. The molecule has 2 aliphatic rings. The van der Waals surface area contributed by atoms with Crippen molar-refractivity contribution in [3.8, 4) is 11.4 Å². The first-order chi connectivity index (χ1) is 11.1. The van der Waals surface area contributed by atoms with Crippen LogP contribution in [0.15, 0.2) is 28.8 Å². The zero-order valence-corrected chi connectivity index (χ0v) is 13.0. The molecule has 3 N–H and O–H groups in total. The lowest BCUT2D eigenvalue weighted by atomic mass is 9.84. The van der Waals surface area contributed by atoms with Crippen LogP contribution in [0, 0.1) is 24.7 Å². The normalized spacial score (nSPS) is 29.0. The van der Waals surface area contributed by atoms with Crippen molar-refractivity contribution >= 4 is 11.6 Å². The van der Waals surface area contributed by atoms with Crippen LogP contribution in [0.1, 0.15) is 25.2 Å². The number of nitrogens with zero attached hydrogens (tertiary/aromatic N) is 2. The van der Waals surface area contributed by atoms with Gasteiger partial charge < -0.3 is 15.6 Å². The van der Waals surface area contributed by atoms with Gasteiger partial charge in [0.25, 0.3) is 0 Å². The molecule has 0 radical (unpaired) electrons. The molecule has 2 saturated carbocycles. The maximum absolute atomic E-state index is 12.6. The van der Waals surface area contributed by atoms with Gasteiger partial charge in [-0.25, -0.2) is 0 Å². The second-order valence-corrected chi connectivity index (χ2v) is 6.64. The van der Waals surface area contributed by atoms with Gasteiger partial charge in [0, 0.05) is 24.2 Å². The summed E-state index contributed by atoms with van der Waals surface area (Å²) in [5.74, 6) is 1.97. The van der Waals surface area contributed by atoms with Crippen LogP contribution in [0.2, 0.25) is 0 Å². The van der Waals surface area contributed by atoms with Crippen molar-refractivity contribution in [1.82, 2.24) is 10.1 Å². The van der Waals surface area contributed by atoms with E-state index in [0.717, 1.165) is 24.1 Å². The highest BCUT2D eigenvalue weighted by Crippen LogP contribution is 2.47. The SMILES string of the molecule is Cc1nc(-c2cccc(NC(=O)C3C4CCC(C4)C3N)c2)no1. The molecule has 6 nitrogen and oxygen atoms in total. The Bertz CT molecular complexity index is 740. The molecule has 120 valence electrons. The maximum atomic E-state index is 12.6. The number of hydrogen-bond donors (Lipinski definition) is 2. The number of carbonyl (C=O) groups excluding carboxylic acids is 1. The number of nitrogens with one attached hydrogen (secondary N) is 1. The number of rotatable bonds is 3. The van der Waals surface area contributed by atoms with E-state index in [1.807, 2.05) is 24.3 Å². The third kappa shape index (κ3) is 2.53. The predicted octanol–water partition coefficient (Wildman–Crippen LogP) is 2.36. The van der Waals surface area contributed by atoms with E-state index in [1.54, 1.807) is 6.92 Å². The number of anilines is 1. The molecule has 23 heavy (non-hydrogen) atoms. The van der Waals surface area contributed by atoms with Gasteiger partial charge >= 0.3 is 0 Å². The molecule has 2 fully saturated rings. The standard InChI is InChI=1S/C17H20N4O2/c1-9-19-16(21-23-9)12-3-2-4-13(8-12)20-17(22)14-10-5-6-11(7-10)15(14)18/h2-4,8,10-11,14-15H,5-7,18H2,1H3,(H,20,22). The van der Waals surface area contributed by atoms with Crippen LogP contribution in [0.5, 0.6) is 0 Å². The van der Waals surface area contributed by atoms with Gasteiger partial charge in [-0.05, 0) is 43.2 Å². The molecule has 4 atom stereocenters. The highest BCUT2D eigenvalue weighted by Gasteiger charge is 2.49. The van der Waals surface area contributed by atoms with E-state index in [2.05, 4.69) is 15.5 Å². The molecule has 1 aromatic heterocycles. The molecule has 4 rings (SSSR count). The van der Waals surface area contributed by atoms with Crippen LogP contribution in [0.25, 0.3) is 11.4 Å². The first-order valence-corrected chi connectivity index (χ1v) is 8.09. The Kier molecular flexibility index (Phi) is 3.41. The van der Waals surface area contributed by atoms with Gasteiger partial charge in [0.15, 0.2) is 0 Å². The van der Waals surface area contributed by atoms with Gasteiger partial charge in [-0.15, -0.1) is 0 Å². The average Bonchev–Trinajstić information content (AvgIpc) is 3.23. The summed E-state index contributed by atoms with van der Waals surface area (Å²) in [5, 5.41) is 6.92. The molecule has 0 aliphatic heterocycles. The summed E-state index contributed by atoms with van der Waals surface area (Å²) < 4.78 is 5.00. The van der Waals surface area contributed by atoms with Gasteiger partial charge in [0.1, 0.15) is 0 Å². The Morgan fingerprint density at radius 1 is 1.35 bits per heavy atom. The Hall–Kier alpha value is -2.21. The van der Waals surface area contributed by atoms with E-state index in [4.69, 9.17) is 10.3 Å². The summed E-state index contributed by atoms with van der Waals surface area (Å²) in [6.45, 7) is 1.75. The van der Waals surface area contributed by atoms with E-state index in [1.165, 1.54) is 6.42 Å². The number of carbonyl (C=O) groups is 1. The monoisotopic (exact) mass is 312 g/mol. The summed E-state index contributed by atoms with van der Waals surface area (Å²) >= 11 is 0. The predicted molar refractivity (Wildman–Crippen MR) is 85.4 cm³/mol. The van der Waals surface area contributed by atoms with E-state index in [9.17, 15) is 4.79 Å². The third-order valence-corrected chi connectivity index (χ3v) is 5.20.